The zero-order valence-corrected chi connectivity index (χ0v) is 28.5. The van der Waals surface area contributed by atoms with Crippen molar-refractivity contribution in [1.29, 1.82) is 5.26 Å². The lowest BCUT2D eigenvalue weighted by molar-refractivity contribution is -0.132. The van der Waals surface area contributed by atoms with E-state index in [1.165, 1.54) is 6.08 Å². The SMILES string of the molecule is COc1ccc(N(c2ccc(OC)cc2)c2ccc(-c3c4ccccc4c(C#Cc4ccc(/C=C(/C#N)C(=O)O)cc4)c4ccccc34)cc2)cc1. The molecule has 7 rings (SSSR count). The number of fused-ring (bicyclic) bond motifs is 2. The topological polar surface area (TPSA) is 82.8 Å². The minimum absolute atomic E-state index is 0.321. The maximum absolute atomic E-state index is 11.3. The van der Waals surface area contributed by atoms with E-state index in [4.69, 9.17) is 14.7 Å². The van der Waals surface area contributed by atoms with E-state index in [0.29, 0.717) is 5.56 Å². The molecule has 0 saturated heterocycles. The highest BCUT2D eigenvalue weighted by Gasteiger charge is 2.17. The molecule has 7 aromatic rings. The molecule has 0 spiro atoms. The molecule has 52 heavy (non-hydrogen) atoms. The van der Waals surface area contributed by atoms with Gasteiger partial charge in [0.15, 0.2) is 0 Å². The van der Waals surface area contributed by atoms with Gasteiger partial charge < -0.3 is 19.5 Å². The van der Waals surface area contributed by atoms with Crippen molar-refractivity contribution >= 4 is 50.7 Å². The normalized spacial score (nSPS) is 11.0. The van der Waals surface area contributed by atoms with Gasteiger partial charge in [-0.05, 0) is 117 Å². The van der Waals surface area contributed by atoms with Gasteiger partial charge in [0.05, 0.1) is 14.2 Å². The first-order valence-corrected chi connectivity index (χ1v) is 16.6. The van der Waals surface area contributed by atoms with Crippen molar-refractivity contribution in [2.24, 2.45) is 0 Å². The zero-order valence-electron chi connectivity index (χ0n) is 28.5. The fourth-order valence-electron chi connectivity index (χ4n) is 6.37. The molecule has 0 aromatic heterocycles. The predicted octanol–water partition coefficient (Wildman–Crippen LogP) is 10.5. The smallest absolute Gasteiger partial charge is 0.346 e. The highest BCUT2D eigenvalue weighted by molar-refractivity contribution is 6.16. The van der Waals surface area contributed by atoms with Gasteiger partial charge in [-0.25, -0.2) is 4.79 Å². The summed E-state index contributed by atoms with van der Waals surface area (Å²) in [7, 11) is 3.33. The van der Waals surface area contributed by atoms with Gasteiger partial charge in [-0.2, -0.15) is 5.26 Å². The third kappa shape index (κ3) is 6.65. The van der Waals surface area contributed by atoms with E-state index in [1.807, 2.05) is 72.8 Å². The number of carboxylic acids is 1. The summed E-state index contributed by atoms with van der Waals surface area (Å²) in [5, 5.41) is 22.6. The third-order valence-corrected chi connectivity index (χ3v) is 8.91. The minimum Gasteiger partial charge on any atom is -0.497 e. The van der Waals surface area contributed by atoms with Gasteiger partial charge in [0.25, 0.3) is 0 Å². The largest absolute Gasteiger partial charge is 0.497 e. The van der Waals surface area contributed by atoms with Crippen molar-refractivity contribution in [3.63, 3.8) is 0 Å². The Balaban J connectivity index is 1.31. The van der Waals surface area contributed by atoms with Gasteiger partial charge in [0.2, 0.25) is 0 Å². The van der Waals surface area contributed by atoms with Crippen LogP contribution in [-0.4, -0.2) is 25.3 Å². The van der Waals surface area contributed by atoms with Crippen LogP contribution in [0.5, 0.6) is 11.5 Å². The van der Waals surface area contributed by atoms with Crippen molar-refractivity contribution in [2.75, 3.05) is 19.1 Å². The summed E-state index contributed by atoms with van der Waals surface area (Å²) in [6.07, 6.45) is 1.35. The Bertz CT molecular complexity index is 2450. The molecule has 0 aliphatic carbocycles. The average molecular weight is 677 g/mol. The third-order valence-electron chi connectivity index (χ3n) is 8.91. The van der Waals surface area contributed by atoms with E-state index >= 15 is 0 Å². The molecule has 0 amide bonds. The molecule has 0 bridgehead atoms. The summed E-state index contributed by atoms with van der Waals surface area (Å²) in [5.41, 5.74) is 7.21. The fourth-order valence-corrected chi connectivity index (χ4v) is 6.37. The van der Waals surface area contributed by atoms with Gasteiger partial charge >= 0.3 is 5.97 Å². The van der Waals surface area contributed by atoms with Crippen LogP contribution in [-0.2, 0) is 4.79 Å². The first-order valence-electron chi connectivity index (χ1n) is 16.6. The van der Waals surface area contributed by atoms with Crippen LogP contribution in [0.4, 0.5) is 17.1 Å². The Morgan fingerprint density at radius 3 is 1.52 bits per heavy atom. The number of hydrogen-bond donors (Lipinski definition) is 1. The van der Waals surface area contributed by atoms with E-state index in [9.17, 15) is 9.90 Å². The predicted molar refractivity (Wildman–Crippen MR) is 208 cm³/mol. The second-order valence-corrected chi connectivity index (χ2v) is 12.0. The molecule has 0 radical (unpaired) electrons. The maximum Gasteiger partial charge on any atom is 0.346 e. The number of rotatable bonds is 8. The number of anilines is 3. The summed E-state index contributed by atoms with van der Waals surface area (Å²) in [6, 6.07) is 50.3. The second-order valence-electron chi connectivity index (χ2n) is 12.0. The quantitative estimate of drug-likeness (QED) is 0.0747. The molecular formula is C46H32N2O4. The Hall–Kier alpha value is -7.28. The monoisotopic (exact) mass is 676 g/mol. The molecule has 0 saturated carbocycles. The molecule has 0 atom stereocenters. The lowest BCUT2D eigenvalue weighted by Gasteiger charge is -2.26. The van der Waals surface area contributed by atoms with Gasteiger partial charge in [-0.15, -0.1) is 0 Å². The lowest BCUT2D eigenvalue weighted by atomic mass is 9.88. The van der Waals surface area contributed by atoms with Crippen molar-refractivity contribution in [1.82, 2.24) is 0 Å². The molecule has 0 unspecified atom stereocenters. The number of carbonyl (C=O) groups is 1. The van der Waals surface area contributed by atoms with Gasteiger partial charge in [0, 0.05) is 28.2 Å². The van der Waals surface area contributed by atoms with Crippen molar-refractivity contribution in [2.45, 2.75) is 0 Å². The van der Waals surface area contributed by atoms with E-state index in [-0.39, 0.29) is 5.57 Å². The number of benzene rings is 7. The number of nitrogens with zero attached hydrogens (tertiary/aromatic N) is 2. The first kappa shape index (κ1) is 33.2. The van der Waals surface area contributed by atoms with Gasteiger partial charge in [-0.1, -0.05) is 84.6 Å². The summed E-state index contributed by atoms with van der Waals surface area (Å²) in [5.74, 6) is 7.10. The molecule has 0 fully saturated rings. The number of ether oxygens (including phenoxy) is 2. The van der Waals surface area contributed by atoms with E-state index in [0.717, 1.165) is 72.4 Å². The molecule has 0 aliphatic heterocycles. The van der Waals surface area contributed by atoms with Crippen LogP contribution in [0.1, 0.15) is 16.7 Å². The van der Waals surface area contributed by atoms with Crippen LogP contribution in [0.2, 0.25) is 0 Å². The Morgan fingerprint density at radius 2 is 1.08 bits per heavy atom. The van der Waals surface area contributed by atoms with Crippen LogP contribution >= 0.6 is 0 Å². The van der Waals surface area contributed by atoms with E-state index in [2.05, 4.69) is 77.4 Å². The summed E-state index contributed by atoms with van der Waals surface area (Å²) in [6.45, 7) is 0. The van der Waals surface area contributed by atoms with Crippen LogP contribution in [0.15, 0.2) is 151 Å². The lowest BCUT2D eigenvalue weighted by Crippen LogP contribution is -2.09. The molecule has 7 aromatic carbocycles. The number of aliphatic carboxylic acids is 1. The van der Waals surface area contributed by atoms with Crippen LogP contribution in [0.25, 0.3) is 38.7 Å². The Kier molecular flexibility index (Phi) is 9.38. The van der Waals surface area contributed by atoms with Crippen molar-refractivity contribution in [3.05, 3.63) is 168 Å². The Morgan fingerprint density at radius 1 is 0.615 bits per heavy atom. The molecule has 0 heterocycles. The van der Waals surface area contributed by atoms with Crippen LogP contribution in [0.3, 0.4) is 0 Å². The van der Waals surface area contributed by atoms with E-state index in [1.54, 1.807) is 32.4 Å². The molecule has 6 heteroatoms. The van der Waals surface area contributed by atoms with Crippen LogP contribution in [0, 0.1) is 23.2 Å². The summed E-state index contributed by atoms with van der Waals surface area (Å²) < 4.78 is 10.9. The standard InChI is InChI=1S/C46H32N2O4/c1-51-38-24-20-36(21-25-38)48(37-22-26-39(52-2)27-23-37)35-18-16-33(17-19-35)45-43-9-5-3-7-40(43)42(41-8-4-6-10-44(41)45)28-15-31-11-13-32(14-12-31)29-34(30-47)46(49)50/h3-14,16-27,29H,1-2H3,(H,49,50)/b34-29-. The highest BCUT2D eigenvalue weighted by atomic mass is 16.5. The summed E-state index contributed by atoms with van der Waals surface area (Å²) in [4.78, 5) is 13.5. The molecule has 0 aliphatic rings. The van der Waals surface area contributed by atoms with Crippen molar-refractivity contribution < 1.29 is 19.4 Å². The zero-order chi connectivity index (χ0) is 36.0. The Labute approximate surface area is 302 Å². The van der Waals surface area contributed by atoms with E-state index < -0.39 is 5.97 Å². The molecule has 1 N–H and O–H groups in total. The number of nitriles is 1. The van der Waals surface area contributed by atoms with Gasteiger partial charge in [0.1, 0.15) is 23.1 Å². The number of methoxy groups -OCH3 is 2. The maximum atomic E-state index is 11.3. The summed E-state index contributed by atoms with van der Waals surface area (Å²) >= 11 is 0. The van der Waals surface area contributed by atoms with Crippen LogP contribution < -0.4 is 14.4 Å². The fraction of sp³-hybridized carbons (Fsp3) is 0.0435. The minimum atomic E-state index is -1.26. The first-order chi connectivity index (χ1) is 25.5. The molecule has 6 nitrogen and oxygen atoms in total. The number of hydrogen-bond acceptors (Lipinski definition) is 5. The molecular weight excluding hydrogens is 645 g/mol. The van der Waals surface area contributed by atoms with Gasteiger partial charge in [-0.3, -0.25) is 0 Å². The second kappa shape index (κ2) is 14.7. The number of carboxylic acid groups (broad SMARTS) is 1. The molecule has 250 valence electrons. The van der Waals surface area contributed by atoms with Crippen molar-refractivity contribution in [3.8, 4) is 40.5 Å². The average Bonchev–Trinajstić information content (AvgIpc) is 3.20. The highest BCUT2D eigenvalue weighted by Crippen LogP contribution is 2.41.